The third kappa shape index (κ3) is 5.45. The lowest BCUT2D eigenvalue weighted by molar-refractivity contribution is 0.0953. The van der Waals surface area contributed by atoms with Crippen LogP contribution in [0.2, 0.25) is 0 Å². The maximum atomic E-state index is 11.8. The SMILES string of the molecule is CCCNC(=O)c1cccc(NCCCSC)c1. The Morgan fingerprint density at radius 3 is 2.89 bits per heavy atom. The molecule has 1 aromatic carbocycles. The maximum Gasteiger partial charge on any atom is 0.251 e. The summed E-state index contributed by atoms with van der Waals surface area (Å²) in [7, 11) is 0. The summed E-state index contributed by atoms with van der Waals surface area (Å²) >= 11 is 1.85. The number of rotatable bonds is 8. The Morgan fingerprint density at radius 1 is 1.33 bits per heavy atom. The molecule has 4 heteroatoms. The molecule has 0 bridgehead atoms. The molecule has 0 heterocycles. The van der Waals surface area contributed by atoms with Crippen LogP contribution in [0.1, 0.15) is 30.1 Å². The van der Waals surface area contributed by atoms with Crippen molar-refractivity contribution in [1.29, 1.82) is 0 Å². The quantitative estimate of drug-likeness (QED) is 0.711. The smallest absolute Gasteiger partial charge is 0.251 e. The van der Waals surface area contributed by atoms with Gasteiger partial charge >= 0.3 is 0 Å². The molecule has 3 nitrogen and oxygen atoms in total. The molecule has 0 atom stereocenters. The zero-order chi connectivity index (χ0) is 13.2. The van der Waals surface area contributed by atoms with Crippen molar-refractivity contribution in [3.8, 4) is 0 Å². The van der Waals surface area contributed by atoms with E-state index in [0.717, 1.165) is 42.9 Å². The Bertz CT molecular complexity index is 369. The molecule has 0 aromatic heterocycles. The summed E-state index contributed by atoms with van der Waals surface area (Å²) in [4.78, 5) is 11.8. The maximum absolute atomic E-state index is 11.8. The molecule has 18 heavy (non-hydrogen) atoms. The van der Waals surface area contributed by atoms with E-state index in [-0.39, 0.29) is 5.91 Å². The fourth-order valence-electron chi connectivity index (χ4n) is 1.56. The van der Waals surface area contributed by atoms with Gasteiger partial charge in [0.25, 0.3) is 5.91 Å². The third-order valence-electron chi connectivity index (χ3n) is 2.51. The third-order valence-corrected chi connectivity index (χ3v) is 3.21. The predicted octanol–water partition coefficient (Wildman–Crippen LogP) is 2.99. The van der Waals surface area contributed by atoms with Crippen LogP contribution in [0.5, 0.6) is 0 Å². The molecule has 1 aromatic rings. The van der Waals surface area contributed by atoms with Crippen molar-refractivity contribution in [3.05, 3.63) is 29.8 Å². The average molecular weight is 266 g/mol. The molecule has 0 aliphatic heterocycles. The first-order chi connectivity index (χ1) is 8.77. The molecule has 0 fully saturated rings. The van der Waals surface area contributed by atoms with Crippen LogP contribution in [-0.2, 0) is 0 Å². The summed E-state index contributed by atoms with van der Waals surface area (Å²) in [6.45, 7) is 3.72. The van der Waals surface area contributed by atoms with Crippen LogP contribution >= 0.6 is 11.8 Å². The van der Waals surface area contributed by atoms with Crippen molar-refractivity contribution in [1.82, 2.24) is 5.32 Å². The summed E-state index contributed by atoms with van der Waals surface area (Å²) in [5.74, 6) is 1.16. The zero-order valence-corrected chi connectivity index (χ0v) is 12.0. The van der Waals surface area contributed by atoms with Crippen LogP contribution < -0.4 is 10.6 Å². The highest BCUT2D eigenvalue weighted by atomic mass is 32.2. The van der Waals surface area contributed by atoms with Crippen molar-refractivity contribution in [2.45, 2.75) is 19.8 Å². The van der Waals surface area contributed by atoms with Gasteiger partial charge in [0.15, 0.2) is 0 Å². The normalized spacial score (nSPS) is 10.1. The van der Waals surface area contributed by atoms with Crippen molar-refractivity contribution in [3.63, 3.8) is 0 Å². The van der Waals surface area contributed by atoms with Gasteiger partial charge < -0.3 is 10.6 Å². The molecule has 1 amide bonds. The number of benzene rings is 1. The van der Waals surface area contributed by atoms with Gasteiger partial charge in [-0.1, -0.05) is 13.0 Å². The van der Waals surface area contributed by atoms with Crippen molar-refractivity contribution >= 4 is 23.4 Å². The largest absolute Gasteiger partial charge is 0.385 e. The highest BCUT2D eigenvalue weighted by Crippen LogP contribution is 2.11. The molecule has 0 aliphatic rings. The Hall–Kier alpha value is -1.16. The van der Waals surface area contributed by atoms with E-state index in [1.807, 2.05) is 43.0 Å². The zero-order valence-electron chi connectivity index (χ0n) is 11.2. The number of amides is 1. The molecular formula is C14H22N2OS. The lowest BCUT2D eigenvalue weighted by atomic mass is 10.2. The van der Waals surface area contributed by atoms with E-state index < -0.39 is 0 Å². The van der Waals surface area contributed by atoms with E-state index in [0.29, 0.717) is 0 Å². The highest BCUT2D eigenvalue weighted by Gasteiger charge is 2.04. The predicted molar refractivity (Wildman–Crippen MR) is 80.6 cm³/mol. The summed E-state index contributed by atoms with van der Waals surface area (Å²) in [6.07, 6.45) is 4.20. The van der Waals surface area contributed by atoms with Crippen molar-refractivity contribution in [2.24, 2.45) is 0 Å². The fraction of sp³-hybridized carbons (Fsp3) is 0.500. The molecule has 0 saturated heterocycles. The van der Waals surface area contributed by atoms with E-state index >= 15 is 0 Å². The Balaban J connectivity index is 2.48. The lowest BCUT2D eigenvalue weighted by Gasteiger charge is -2.08. The van der Waals surface area contributed by atoms with Gasteiger partial charge in [0, 0.05) is 24.3 Å². The molecular weight excluding hydrogens is 244 g/mol. The molecule has 100 valence electrons. The Kier molecular flexibility index (Phi) is 7.34. The second-order valence-electron chi connectivity index (χ2n) is 4.11. The number of thioether (sulfide) groups is 1. The van der Waals surface area contributed by atoms with E-state index in [1.54, 1.807) is 0 Å². The Labute approximate surface area is 114 Å². The highest BCUT2D eigenvalue weighted by molar-refractivity contribution is 7.98. The van der Waals surface area contributed by atoms with Gasteiger partial charge in [0.2, 0.25) is 0 Å². The number of hydrogen-bond donors (Lipinski definition) is 2. The van der Waals surface area contributed by atoms with Gasteiger partial charge in [-0.2, -0.15) is 11.8 Å². The first-order valence-electron chi connectivity index (χ1n) is 6.39. The summed E-state index contributed by atoms with van der Waals surface area (Å²) in [5.41, 5.74) is 1.73. The standard InChI is InChI=1S/C14H22N2OS/c1-3-8-16-14(17)12-6-4-7-13(11-12)15-9-5-10-18-2/h4,6-7,11,15H,3,5,8-10H2,1-2H3,(H,16,17). The number of carbonyl (C=O) groups is 1. The van der Waals surface area contributed by atoms with Crippen molar-refractivity contribution in [2.75, 3.05) is 30.4 Å². The van der Waals surface area contributed by atoms with Crippen LogP contribution in [0, 0.1) is 0 Å². The summed E-state index contributed by atoms with van der Waals surface area (Å²) in [5, 5.41) is 6.22. The molecule has 0 spiro atoms. The summed E-state index contributed by atoms with van der Waals surface area (Å²) in [6, 6.07) is 7.66. The fourth-order valence-corrected chi connectivity index (χ4v) is 1.99. The van der Waals surface area contributed by atoms with Gasteiger partial charge in [-0.3, -0.25) is 4.79 Å². The van der Waals surface area contributed by atoms with Gasteiger partial charge in [0.05, 0.1) is 0 Å². The van der Waals surface area contributed by atoms with Gasteiger partial charge in [-0.25, -0.2) is 0 Å². The summed E-state index contributed by atoms with van der Waals surface area (Å²) < 4.78 is 0. The number of hydrogen-bond acceptors (Lipinski definition) is 3. The Morgan fingerprint density at radius 2 is 2.17 bits per heavy atom. The second-order valence-corrected chi connectivity index (χ2v) is 5.10. The minimum absolute atomic E-state index is 0.00427. The number of nitrogens with one attached hydrogen (secondary N) is 2. The van der Waals surface area contributed by atoms with E-state index in [1.165, 1.54) is 0 Å². The molecule has 0 unspecified atom stereocenters. The first kappa shape index (κ1) is 14.9. The van der Waals surface area contributed by atoms with Gasteiger partial charge in [0.1, 0.15) is 0 Å². The van der Waals surface area contributed by atoms with E-state index in [9.17, 15) is 4.79 Å². The lowest BCUT2D eigenvalue weighted by Crippen LogP contribution is -2.23. The molecule has 2 N–H and O–H groups in total. The number of carbonyl (C=O) groups excluding carboxylic acids is 1. The first-order valence-corrected chi connectivity index (χ1v) is 7.78. The molecule has 0 aliphatic carbocycles. The van der Waals surface area contributed by atoms with Crippen LogP contribution in [-0.4, -0.2) is 31.0 Å². The topological polar surface area (TPSA) is 41.1 Å². The van der Waals surface area contributed by atoms with Crippen molar-refractivity contribution < 1.29 is 4.79 Å². The van der Waals surface area contributed by atoms with Crippen LogP contribution in [0.15, 0.2) is 24.3 Å². The van der Waals surface area contributed by atoms with Crippen LogP contribution in [0.25, 0.3) is 0 Å². The van der Waals surface area contributed by atoms with E-state index in [4.69, 9.17) is 0 Å². The monoisotopic (exact) mass is 266 g/mol. The van der Waals surface area contributed by atoms with Gasteiger partial charge in [-0.05, 0) is 43.0 Å². The molecule has 1 rings (SSSR count). The molecule has 0 radical (unpaired) electrons. The van der Waals surface area contributed by atoms with E-state index in [2.05, 4.69) is 16.9 Å². The minimum Gasteiger partial charge on any atom is -0.385 e. The molecule has 0 saturated carbocycles. The minimum atomic E-state index is 0.00427. The number of anilines is 1. The van der Waals surface area contributed by atoms with Crippen LogP contribution in [0.3, 0.4) is 0 Å². The van der Waals surface area contributed by atoms with Gasteiger partial charge in [-0.15, -0.1) is 0 Å². The average Bonchev–Trinajstić information content (AvgIpc) is 2.41. The second kappa shape index (κ2) is 8.86. The van der Waals surface area contributed by atoms with Crippen LogP contribution in [0.4, 0.5) is 5.69 Å².